The highest BCUT2D eigenvalue weighted by atomic mass is 79.9. The van der Waals surface area contributed by atoms with E-state index in [1.807, 2.05) is 24.3 Å². The summed E-state index contributed by atoms with van der Waals surface area (Å²) in [7, 11) is 0. The van der Waals surface area contributed by atoms with Crippen LogP contribution < -0.4 is 5.32 Å². The van der Waals surface area contributed by atoms with E-state index in [1.54, 1.807) is 13.0 Å². The summed E-state index contributed by atoms with van der Waals surface area (Å²) in [5.74, 6) is -0.141. The molecule has 0 unspecified atom stereocenters. The van der Waals surface area contributed by atoms with Gasteiger partial charge >= 0.3 is 0 Å². The van der Waals surface area contributed by atoms with Crippen molar-refractivity contribution in [2.75, 3.05) is 0 Å². The zero-order valence-corrected chi connectivity index (χ0v) is 11.8. The summed E-state index contributed by atoms with van der Waals surface area (Å²) in [4.78, 5) is 0. The summed E-state index contributed by atoms with van der Waals surface area (Å²) in [6.07, 6.45) is 0. The summed E-state index contributed by atoms with van der Waals surface area (Å²) in [6, 6.07) is 13.5. The van der Waals surface area contributed by atoms with Crippen molar-refractivity contribution in [2.24, 2.45) is 0 Å². The van der Waals surface area contributed by atoms with E-state index in [0.717, 1.165) is 16.6 Å². The molecular formula is C15H15BrFN. The zero-order chi connectivity index (χ0) is 13.0. The van der Waals surface area contributed by atoms with E-state index in [9.17, 15) is 4.39 Å². The summed E-state index contributed by atoms with van der Waals surface area (Å²) >= 11 is 3.40. The minimum atomic E-state index is -0.141. The molecule has 1 N–H and O–H groups in total. The van der Waals surface area contributed by atoms with Crippen LogP contribution in [0, 0.1) is 12.7 Å². The number of benzene rings is 2. The minimum absolute atomic E-state index is 0.141. The van der Waals surface area contributed by atoms with E-state index in [0.29, 0.717) is 12.1 Å². The third-order valence-electron chi connectivity index (χ3n) is 2.81. The van der Waals surface area contributed by atoms with E-state index >= 15 is 0 Å². The van der Waals surface area contributed by atoms with Crippen LogP contribution >= 0.6 is 15.9 Å². The fourth-order valence-corrected chi connectivity index (χ4v) is 1.96. The van der Waals surface area contributed by atoms with Crippen molar-refractivity contribution in [1.29, 1.82) is 0 Å². The maximum atomic E-state index is 13.3. The van der Waals surface area contributed by atoms with E-state index in [4.69, 9.17) is 0 Å². The lowest BCUT2D eigenvalue weighted by atomic mass is 10.1. The van der Waals surface area contributed by atoms with Crippen molar-refractivity contribution >= 4 is 15.9 Å². The molecule has 0 aliphatic carbocycles. The van der Waals surface area contributed by atoms with Gasteiger partial charge in [0, 0.05) is 17.6 Å². The van der Waals surface area contributed by atoms with E-state index in [2.05, 4.69) is 33.4 Å². The van der Waals surface area contributed by atoms with Crippen LogP contribution in [0.25, 0.3) is 0 Å². The van der Waals surface area contributed by atoms with Crippen molar-refractivity contribution in [3.63, 3.8) is 0 Å². The van der Waals surface area contributed by atoms with E-state index in [1.165, 1.54) is 5.56 Å². The molecule has 1 nitrogen and oxygen atoms in total. The molecule has 0 saturated carbocycles. The van der Waals surface area contributed by atoms with Crippen LogP contribution in [0.2, 0.25) is 0 Å². The van der Waals surface area contributed by atoms with Gasteiger partial charge in [-0.15, -0.1) is 0 Å². The third kappa shape index (κ3) is 3.65. The molecule has 0 amide bonds. The molecule has 18 heavy (non-hydrogen) atoms. The standard InChI is InChI=1S/C15H15BrFN/c1-11-2-3-13(8-15(11)17)10-18-9-12-4-6-14(16)7-5-12/h2-8,18H,9-10H2,1H3. The summed E-state index contributed by atoms with van der Waals surface area (Å²) < 4.78 is 14.4. The second kappa shape index (κ2) is 6.12. The Bertz CT molecular complexity index is 523. The normalized spacial score (nSPS) is 10.6. The average Bonchev–Trinajstić information content (AvgIpc) is 2.36. The van der Waals surface area contributed by atoms with Gasteiger partial charge in [-0.25, -0.2) is 4.39 Å². The Morgan fingerprint density at radius 1 is 1.00 bits per heavy atom. The molecule has 0 fully saturated rings. The van der Waals surface area contributed by atoms with Crippen LogP contribution in [0.4, 0.5) is 4.39 Å². The Kier molecular flexibility index (Phi) is 4.50. The Labute approximate surface area is 115 Å². The Hall–Kier alpha value is -1.19. The van der Waals surface area contributed by atoms with Crippen LogP contribution in [0.15, 0.2) is 46.9 Å². The summed E-state index contributed by atoms with van der Waals surface area (Å²) in [5.41, 5.74) is 2.87. The van der Waals surface area contributed by atoms with Crippen LogP contribution in [-0.2, 0) is 13.1 Å². The first-order valence-electron chi connectivity index (χ1n) is 5.85. The highest BCUT2D eigenvalue weighted by molar-refractivity contribution is 9.10. The Morgan fingerprint density at radius 3 is 2.28 bits per heavy atom. The van der Waals surface area contributed by atoms with Crippen LogP contribution in [0.5, 0.6) is 0 Å². The summed E-state index contributed by atoms with van der Waals surface area (Å²) in [5, 5.41) is 3.30. The van der Waals surface area contributed by atoms with Crippen LogP contribution in [0.3, 0.4) is 0 Å². The van der Waals surface area contributed by atoms with Gasteiger partial charge in [-0.3, -0.25) is 0 Å². The molecule has 0 spiro atoms. The maximum absolute atomic E-state index is 13.3. The fourth-order valence-electron chi connectivity index (χ4n) is 1.70. The van der Waals surface area contributed by atoms with Crippen molar-refractivity contribution in [1.82, 2.24) is 5.32 Å². The lowest BCUT2D eigenvalue weighted by Crippen LogP contribution is -2.12. The molecule has 0 aliphatic rings. The van der Waals surface area contributed by atoms with Crippen molar-refractivity contribution in [3.8, 4) is 0 Å². The first-order valence-corrected chi connectivity index (χ1v) is 6.64. The number of hydrogen-bond donors (Lipinski definition) is 1. The zero-order valence-electron chi connectivity index (χ0n) is 10.2. The molecule has 0 saturated heterocycles. The molecule has 94 valence electrons. The molecule has 3 heteroatoms. The smallest absolute Gasteiger partial charge is 0.126 e. The number of aryl methyl sites for hydroxylation is 1. The monoisotopic (exact) mass is 307 g/mol. The molecule has 2 aromatic rings. The molecule has 0 radical (unpaired) electrons. The maximum Gasteiger partial charge on any atom is 0.126 e. The topological polar surface area (TPSA) is 12.0 Å². The van der Waals surface area contributed by atoms with E-state index < -0.39 is 0 Å². The van der Waals surface area contributed by atoms with Gasteiger partial charge in [-0.2, -0.15) is 0 Å². The molecule has 0 atom stereocenters. The fraction of sp³-hybridized carbons (Fsp3) is 0.200. The summed E-state index contributed by atoms with van der Waals surface area (Å²) in [6.45, 7) is 3.23. The van der Waals surface area contributed by atoms with Gasteiger partial charge in [0.15, 0.2) is 0 Å². The second-order valence-corrected chi connectivity index (χ2v) is 5.23. The molecule has 2 aromatic carbocycles. The predicted molar refractivity (Wildman–Crippen MR) is 75.8 cm³/mol. The third-order valence-corrected chi connectivity index (χ3v) is 3.34. The Morgan fingerprint density at radius 2 is 1.61 bits per heavy atom. The number of nitrogens with one attached hydrogen (secondary N) is 1. The van der Waals surface area contributed by atoms with Gasteiger partial charge in [-0.1, -0.05) is 40.2 Å². The van der Waals surface area contributed by atoms with Crippen LogP contribution in [0.1, 0.15) is 16.7 Å². The largest absolute Gasteiger partial charge is 0.309 e. The Balaban J connectivity index is 1.88. The number of halogens is 2. The van der Waals surface area contributed by atoms with Gasteiger partial charge in [0.05, 0.1) is 0 Å². The highest BCUT2D eigenvalue weighted by Crippen LogP contribution is 2.11. The molecule has 0 bridgehead atoms. The van der Waals surface area contributed by atoms with Gasteiger partial charge in [0.2, 0.25) is 0 Å². The predicted octanol–water partition coefficient (Wildman–Crippen LogP) is 4.19. The molecule has 2 rings (SSSR count). The first kappa shape index (κ1) is 13.2. The van der Waals surface area contributed by atoms with Gasteiger partial charge in [-0.05, 0) is 41.8 Å². The van der Waals surface area contributed by atoms with Gasteiger partial charge in [0.25, 0.3) is 0 Å². The lowest BCUT2D eigenvalue weighted by molar-refractivity contribution is 0.611. The lowest BCUT2D eigenvalue weighted by Gasteiger charge is -2.06. The molecule has 0 aromatic heterocycles. The van der Waals surface area contributed by atoms with Crippen LogP contribution in [-0.4, -0.2) is 0 Å². The van der Waals surface area contributed by atoms with Crippen molar-refractivity contribution < 1.29 is 4.39 Å². The number of rotatable bonds is 4. The van der Waals surface area contributed by atoms with Crippen molar-refractivity contribution in [2.45, 2.75) is 20.0 Å². The average molecular weight is 308 g/mol. The van der Waals surface area contributed by atoms with Gasteiger partial charge < -0.3 is 5.32 Å². The van der Waals surface area contributed by atoms with Gasteiger partial charge in [0.1, 0.15) is 5.82 Å². The molecule has 0 heterocycles. The quantitative estimate of drug-likeness (QED) is 0.893. The van der Waals surface area contributed by atoms with Crippen molar-refractivity contribution in [3.05, 3.63) is 69.4 Å². The molecule has 0 aliphatic heterocycles. The van der Waals surface area contributed by atoms with E-state index in [-0.39, 0.29) is 5.82 Å². The molecular weight excluding hydrogens is 293 g/mol. The first-order chi connectivity index (χ1) is 8.65. The SMILES string of the molecule is Cc1ccc(CNCc2ccc(Br)cc2)cc1F. The minimum Gasteiger partial charge on any atom is -0.309 e. The second-order valence-electron chi connectivity index (χ2n) is 4.31. The number of hydrogen-bond acceptors (Lipinski definition) is 1. The highest BCUT2D eigenvalue weighted by Gasteiger charge is 1.99.